The highest BCUT2D eigenvalue weighted by molar-refractivity contribution is 5.46. The van der Waals surface area contributed by atoms with E-state index in [2.05, 4.69) is 11.8 Å². The molecule has 0 fully saturated rings. The smallest absolute Gasteiger partial charge is 0.137 e. The number of nitrogens with zero attached hydrogens (tertiary/aromatic N) is 1. The molecule has 0 saturated heterocycles. The Kier molecular flexibility index (Phi) is 3.52. The lowest BCUT2D eigenvalue weighted by molar-refractivity contribution is 0.410. The van der Waals surface area contributed by atoms with E-state index in [0.29, 0.717) is 11.3 Å². The summed E-state index contributed by atoms with van der Waals surface area (Å²) in [6.07, 6.45) is 0.153. The highest BCUT2D eigenvalue weighted by Gasteiger charge is 2.00. The Hall–Kier alpha value is -2.00. The molecule has 0 spiro atoms. The van der Waals surface area contributed by atoms with Crippen molar-refractivity contribution in [1.82, 2.24) is 0 Å². The first-order valence-electron chi connectivity index (χ1n) is 3.97. The molecule has 0 aliphatic heterocycles. The predicted octanol–water partition coefficient (Wildman–Crippen LogP) is 2.10. The van der Waals surface area contributed by atoms with Crippen LogP contribution in [0.3, 0.4) is 0 Å². The van der Waals surface area contributed by atoms with E-state index in [9.17, 15) is 4.39 Å². The summed E-state index contributed by atoms with van der Waals surface area (Å²) in [5.41, 5.74) is 0.587. The minimum absolute atomic E-state index is 0.153. The van der Waals surface area contributed by atoms with E-state index in [1.165, 1.54) is 25.3 Å². The second-order valence-electron chi connectivity index (χ2n) is 2.48. The van der Waals surface area contributed by atoms with Gasteiger partial charge in [0.2, 0.25) is 0 Å². The molecular weight excluding hydrogens is 181 g/mol. The van der Waals surface area contributed by atoms with E-state index in [0.717, 1.165) is 0 Å². The van der Waals surface area contributed by atoms with Gasteiger partial charge in [-0.15, -0.1) is 0 Å². The SMILES string of the molecule is COc1cc(F)ccc1C#CCC#N. The third-order valence-electron chi connectivity index (χ3n) is 1.55. The van der Waals surface area contributed by atoms with Crippen LogP contribution in [0.1, 0.15) is 12.0 Å². The van der Waals surface area contributed by atoms with Crippen molar-refractivity contribution in [1.29, 1.82) is 5.26 Å². The lowest BCUT2D eigenvalue weighted by Crippen LogP contribution is -1.88. The molecule has 1 aromatic rings. The van der Waals surface area contributed by atoms with Crippen LogP contribution in [0.4, 0.5) is 4.39 Å². The van der Waals surface area contributed by atoms with Crippen molar-refractivity contribution in [2.75, 3.05) is 7.11 Å². The van der Waals surface area contributed by atoms with Crippen LogP contribution in [0.5, 0.6) is 5.75 Å². The number of methoxy groups -OCH3 is 1. The summed E-state index contributed by atoms with van der Waals surface area (Å²) in [6, 6.07) is 5.99. The monoisotopic (exact) mass is 189 g/mol. The molecule has 1 aromatic carbocycles. The molecule has 0 unspecified atom stereocenters. The van der Waals surface area contributed by atoms with Gasteiger partial charge >= 0.3 is 0 Å². The molecule has 0 amide bonds. The topological polar surface area (TPSA) is 33.0 Å². The van der Waals surface area contributed by atoms with Crippen molar-refractivity contribution in [3.05, 3.63) is 29.6 Å². The predicted molar refractivity (Wildman–Crippen MR) is 50.1 cm³/mol. The van der Waals surface area contributed by atoms with E-state index < -0.39 is 0 Å². The average Bonchev–Trinajstić information content (AvgIpc) is 2.20. The number of hydrogen-bond donors (Lipinski definition) is 0. The van der Waals surface area contributed by atoms with E-state index in [1.807, 2.05) is 6.07 Å². The first-order valence-corrected chi connectivity index (χ1v) is 3.97. The average molecular weight is 189 g/mol. The van der Waals surface area contributed by atoms with Crippen molar-refractivity contribution in [3.8, 4) is 23.7 Å². The Balaban J connectivity index is 2.99. The molecule has 0 radical (unpaired) electrons. The quantitative estimate of drug-likeness (QED) is 0.634. The van der Waals surface area contributed by atoms with Gasteiger partial charge in [-0.1, -0.05) is 11.8 Å². The molecule has 3 heteroatoms. The molecule has 70 valence electrons. The summed E-state index contributed by atoms with van der Waals surface area (Å²) in [5, 5.41) is 8.27. The summed E-state index contributed by atoms with van der Waals surface area (Å²) >= 11 is 0. The maximum absolute atomic E-state index is 12.7. The van der Waals surface area contributed by atoms with Gasteiger partial charge in [0.15, 0.2) is 0 Å². The van der Waals surface area contributed by atoms with Gasteiger partial charge in [-0.05, 0) is 12.1 Å². The number of nitriles is 1. The van der Waals surface area contributed by atoms with Crippen LogP contribution in [0.25, 0.3) is 0 Å². The lowest BCUT2D eigenvalue weighted by Gasteiger charge is -2.01. The summed E-state index contributed by atoms with van der Waals surface area (Å²) in [5.74, 6) is 5.38. The third kappa shape index (κ3) is 2.50. The molecule has 0 atom stereocenters. The zero-order valence-electron chi connectivity index (χ0n) is 7.67. The molecule has 1 rings (SSSR count). The normalized spacial score (nSPS) is 8.36. The molecule has 0 aliphatic carbocycles. The molecular formula is C11H8FNO. The van der Waals surface area contributed by atoms with Crippen LogP contribution in [0.15, 0.2) is 18.2 Å². The second-order valence-corrected chi connectivity index (χ2v) is 2.48. The zero-order valence-corrected chi connectivity index (χ0v) is 7.67. The fourth-order valence-corrected chi connectivity index (χ4v) is 0.947. The molecule has 2 nitrogen and oxygen atoms in total. The van der Waals surface area contributed by atoms with Crippen LogP contribution in [-0.4, -0.2) is 7.11 Å². The first-order chi connectivity index (χ1) is 6.77. The van der Waals surface area contributed by atoms with Gasteiger partial charge in [0, 0.05) is 6.07 Å². The molecule has 0 saturated carbocycles. The van der Waals surface area contributed by atoms with Gasteiger partial charge in [0.05, 0.1) is 25.2 Å². The summed E-state index contributed by atoms with van der Waals surface area (Å²) in [4.78, 5) is 0. The van der Waals surface area contributed by atoms with Gasteiger partial charge in [-0.3, -0.25) is 0 Å². The molecule has 0 aliphatic rings. The van der Waals surface area contributed by atoms with Crippen molar-refractivity contribution >= 4 is 0 Å². The molecule has 0 bridgehead atoms. The molecule has 14 heavy (non-hydrogen) atoms. The minimum atomic E-state index is -0.368. The van der Waals surface area contributed by atoms with Gasteiger partial charge in [0.25, 0.3) is 0 Å². The second kappa shape index (κ2) is 4.89. The summed E-state index contributed by atoms with van der Waals surface area (Å²) in [7, 11) is 1.45. The maximum atomic E-state index is 12.7. The van der Waals surface area contributed by atoms with Crippen LogP contribution >= 0.6 is 0 Å². The largest absolute Gasteiger partial charge is 0.495 e. The highest BCUT2D eigenvalue weighted by Crippen LogP contribution is 2.18. The minimum Gasteiger partial charge on any atom is -0.495 e. The fraction of sp³-hybridized carbons (Fsp3) is 0.182. The first kappa shape index (κ1) is 10.1. The molecule has 0 aromatic heterocycles. The number of rotatable bonds is 1. The van der Waals surface area contributed by atoms with Gasteiger partial charge < -0.3 is 4.74 Å². The van der Waals surface area contributed by atoms with Crippen molar-refractivity contribution < 1.29 is 9.13 Å². The van der Waals surface area contributed by atoms with Crippen molar-refractivity contribution in [3.63, 3.8) is 0 Å². The Labute approximate surface area is 81.9 Å². The van der Waals surface area contributed by atoms with Gasteiger partial charge in [-0.25, -0.2) is 4.39 Å². The van der Waals surface area contributed by atoms with Crippen molar-refractivity contribution in [2.24, 2.45) is 0 Å². The maximum Gasteiger partial charge on any atom is 0.137 e. The Morgan fingerprint density at radius 3 is 2.93 bits per heavy atom. The van der Waals surface area contributed by atoms with Crippen LogP contribution in [0.2, 0.25) is 0 Å². The van der Waals surface area contributed by atoms with E-state index >= 15 is 0 Å². The van der Waals surface area contributed by atoms with Crippen LogP contribution < -0.4 is 4.74 Å². The standard InChI is InChI=1S/C11H8FNO/c1-14-11-8-10(12)6-5-9(11)4-2-3-7-13/h5-6,8H,3H2,1H3. The van der Waals surface area contributed by atoms with Crippen LogP contribution in [0, 0.1) is 29.0 Å². The highest BCUT2D eigenvalue weighted by atomic mass is 19.1. The molecule has 0 N–H and O–H groups in total. The van der Waals surface area contributed by atoms with Crippen LogP contribution in [-0.2, 0) is 0 Å². The number of hydrogen-bond acceptors (Lipinski definition) is 2. The van der Waals surface area contributed by atoms with Crippen molar-refractivity contribution in [2.45, 2.75) is 6.42 Å². The number of halogens is 1. The zero-order chi connectivity index (χ0) is 10.4. The molecule has 0 heterocycles. The fourth-order valence-electron chi connectivity index (χ4n) is 0.947. The number of benzene rings is 1. The third-order valence-corrected chi connectivity index (χ3v) is 1.55. The van der Waals surface area contributed by atoms with Gasteiger partial charge in [-0.2, -0.15) is 5.26 Å². The summed E-state index contributed by atoms with van der Waals surface area (Å²) < 4.78 is 17.7. The number of ether oxygens (including phenoxy) is 1. The van der Waals surface area contributed by atoms with E-state index in [1.54, 1.807) is 0 Å². The Bertz CT molecular complexity index is 423. The van der Waals surface area contributed by atoms with E-state index in [-0.39, 0.29) is 12.2 Å². The Morgan fingerprint density at radius 2 is 2.29 bits per heavy atom. The summed E-state index contributed by atoms with van der Waals surface area (Å²) in [6.45, 7) is 0. The lowest BCUT2D eigenvalue weighted by atomic mass is 10.2. The Morgan fingerprint density at radius 1 is 1.50 bits per heavy atom. The van der Waals surface area contributed by atoms with E-state index in [4.69, 9.17) is 10.00 Å². The van der Waals surface area contributed by atoms with Gasteiger partial charge in [0.1, 0.15) is 11.6 Å².